The van der Waals surface area contributed by atoms with Gasteiger partial charge < -0.3 is 19.7 Å². The first-order chi connectivity index (χ1) is 18.6. The highest BCUT2D eigenvalue weighted by molar-refractivity contribution is 5.74. The zero-order chi connectivity index (χ0) is 28.2. The van der Waals surface area contributed by atoms with Gasteiger partial charge in [0.05, 0.1) is 19.6 Å². The highest BCUT2D eigenvalue weighted by atomic mass is 19.1. The lowest BCUT2D eigenvalue weighted by molar-refractivity contribution is -0.139. The summed E-state index contributed by atoms with van der Waals surface area (Å²) in [5.74, 6) is -0.638. The van der Waals surface area contributed by atoms with Gasteiger partial charge >= 0.3 is 12.1 Å². The standard InChI is InChI=1S/C32H37FN2O4/c1-21(34-31(37)39-32(2,3)4)26-13-8-14-27(30(26)33)24-16-15-22-12-9-17-35(28(22)18-24)20-25-11-7-6-10-23(25)19-29(36)38-5/h6-8,10-11,13-16,18,21H,9,12,17,19-20H2,1-5H3,(H,34,37)/t21-/m1/s1. The van der Waals surface area contributed by atoms with Gasteiger partial charge in [-0.1, -0.05) is 54.6 Å². The Hall–Kier alpha value is -3.87. The molecule has 7 heteroatoms. The largest absolute Gasteiger partial charge is 0.469 e. The first-order valence-corrected chi connectivity index (χ1v) is 13.4. The monoisotopic (exact) mass is 532 g/mol. The number of amides is 1. The van der Waals surface area contributed by atoms with Crippen molar-refractivity contribution in [3.8, 4) is 11.1 Å². The van der Waals surface area contributed by atoms with E-state index in [0.717, 1.165) is 41.8 Å². The van der Waals surface area contributed by atoms with E-state index < -0.39 is 17.7 Å². The minimum atomic E-state index is -0.640. The average Bonchev–Trinajstić information content (AvgIpc) is 2.88. The van der Waals surface area contributed by atoms with Crippen LogP contribution in [-0.2, 0) is 33.7 Å². The van der Waals surface area contributed by atoms with Crippen LogP contribution in [0.15, 0.2) is 60.7 Å². The maximum Gasteiger partial charge on any atom is 0.408 e. The Balaban J connectivity index is 1.61. The lowest BCUT2D eigenvalue weighted by Crippen LogP contribution is -2.34. The van der Waals surface area contributed by atoms with Crippen LogP contribution in [0.4, 0.5) is 14.9 Å². The van der Waals surface area contributed by atoms with E-state index in [1.54, 1.807) is 45.9 Å². The van der Waals surface area contributed by atoms with E-state index in [-0.39, 0.29) is 18.2 Å². The van der Waals surface area contributed by atoms with Gasteiger partial charge in [0.15, 0.2) is 0 Å². The number of alkyl carbamates (subject to hydrolysis) is 1. The van der Waals surface area contributed by atoms with E-state index in [1.807, 2.05) is 36.4 Å². The molecule has 1 aliphatic heterocycles. The Kier molecular flexibility index (Phi) is 8.58. The van der Waals surface area contributed by atoms with Crippen molar-refractivity contribution in [3.05, 3.63) is 88.7 Å². The molecule has 6 nitrogen and oxygen atoms in total. The molecule has 0 fully saturated rings. The number of fused-ring (bicyclic) bond motifs is 1. The number of halogens is 1. The van der Waals surface area contributed by atoms with Crippen molar-refractivity contribution in [2.45, 2.75) is 65.1 Å². The Bertz CT molecular complexity index is 1350. The van der Waals surface area contributed by atoms with Gasteiger partial charge in [0.1, 0.15) is 11.4 Å². The van der Waals surface area contributed by atoms with Crippen LogP contribution in [0.25, 0.3) is 11.1 Å². The van der Waals surface area contributed by atoms with Crippen LogP contribution in [0.3, 0.4) is 0 Å². The van der Waals surface area contributed by atoms with Crippen molar-refractivity contribution < 1.29 is 23.5 Å². The van der Waals surface area contributed by atoms with Gasteiger partial charge in [-0.2, -0.15) is 0 Å². The summed E-state index contributed by atoms with van der Waals surface area (Å²) in [6.07, 6.45) is 1.61. The second-order valence-corrected chi connectivity index (χ2v) is 11.0. The molecule has 0 spiro atoms. The lowest BCUT2D eigenvalue weighted by Gasteiger charge is -2.32. The van der Waals surface area contributed by atoms with E-state index in [0.29, 0.717) is 17.7 Å². The highest BCUT2D eigenvalue weighted by Crippen LogP contribution is 2.35. The third-order valence-corrected chi connectivity index (χ3v) is 6.88. The van der Waals surface area contributed by atoms with Crippen molar-refractivity contribution in [1.29, 1.82) is 0 Å². The number of carbonyl (C=O) groups is 2. The number of benzene rings is 3. The molecule has 1 amide bonds. The first-order valence-electron chi connectivity index (χ1n) is 13.4. The zero-order valence-electron chi connectivity index (χ0n) is 23.3. The predicted molar refractivity (Wildman–Crippen MR) is 151 cm³/mol. The topological polar surface area (TPSA) is 67.9 Å². The summed E-state index contributed by atoms with van der Waals surface area (Å²) >= 11 is 0. The average molecular weight is 533 g/mol. The van der Waals surface area contributed by atoms with Crippen molar-refractivity contribution in [2.75, 3.05) is 18.6 Å². The zero-order valence-corrected chi connectivity index (χ0v) is 23.3. The smallest absolute Gasteiger partial charge is 0.408 e. The molecule has 206 valence electrons. The Morgan fingerprint density at radius 1 is 1.05 bits per heavy atom. The maximum atomic E-state index is 15.8. The van der Waals surface area contributed by atoms with Crippen LogP contribution in [0.2, 0.25) is 0 Å². The Labute approximate surface area is 230 Å². The molecule has 0 aromatic heterocycles. The van der Waals surface area contributed by atoms with Crippen LogP contribution in [-0.4, -0.2) is 31.3 Å². The summed E-state index contributed by atoms with van der Waals surface area (Å²) in [5, 5.41) is 2.74. The molecule has 0 saturated heterocycles. The molecule has 1 aliphatic rings. The number of aryl methyl sites for hydroxylation is 1. The highest BCUT2D eigenvalue weighted by Gasteiger charge is 2.23. The fourth-order valence-corrected chi connectivity index (χ4v) is 4.97. The molecule has 0 radical (unpaired) electrons. The van der Waals surface area contributed by atoms with E-state index in [1.165, 1.54) is 12.7 Å². The number of ether oxygens (including phenoxy) is 2. The van der Waals surface area contributed by atoms with Crippen LogP contribution in [0, 0.1) is 5.82 Å². The quantitative estimate of drug-likeness (QED) is 0.341. The first kappa shape index (κ1) is 28.1. The summed E-state index contributed by atoms with van der Waals surface area (Å²) in [5.41, 5.74) is 5.29. The number of nitrogens with zero attached hydrogens (tertiary/aromatic N) is 1. The third kappa shape index (κ3) is 6.96. The van der Waals surface area contributed by atoms with E-state index >= 15 is 4.39 Å². The lowest BCUT2D eigenvalue weighted by atomic mass is 9.94. The van der Waals surface area contributed by atoms with Gasteiger partial charge in [-0.25, -0.2) is 9.18 Å². The van der Waals surface area contributed by atoms with E-state index in [9.17, 15) is 9.59 Å². The predicted octanol–water partition coefficient (Wildman–Crippen LogP) is 6.75. The minimum Gasteiger partial charge on any atom is -0.469 e. The van der Waals surface area contributed by atoms with Gasteiger partial charge in [-0.15, -0.1) is 0 Å². The fraction of sp³-hybridized carbons (Fsp3) is 0.375. The molecule has 1 atom stereocenters. The molecular formula is C32H37FN2O4. The summed E-state index contributed by atoms with van der Waals surface area (Å²) in [4.78, 5) is 26.5. The number of anilines is 1. The summed E-state index contributed by atoms with van der Waals surface area (Å²) < 4.78 is 26.1. The van der Waals surface area contributed by atoms with Crippen molar-refractivity contribution in [2.24, 2.45) is 0 Å². The third-order valence-electron chi connectivity index (χ3n) is 6.88. The second kappa shape index (κ2) is 11.9. The molecule has 1 N–H and O–H groups in total. The second-order valence-electron chi connectivity index (χ2n) is 11.0. The maximum absolute atomic E-state index is 15.8. The molecule has 0 saturated carbocycles. The van der Waals surface area contributed by atoms with Gasteiger partial charge in [0, 0.05) is 29.9 Å². The SMILES string of the molecule is COC(=O)Cc1ccccc1CN1CCCc2ccc(-c3cccc([C@@H](C)NC(=O)OC(C)(C)C)c3F)cc21. The number of hydrogen-bond donors (Lipinski definition) is 1. The molecule has 0 bridgehead atoms. The van der Waals surface area contributed by atoms with E-state index in [2.05, 4.69) is 16.3 Å². The van der Waals surface area contributed by atoms with Gasteiger partial charge in [0.2, 0.25) is 0 Å². The molecule has 3 aromatic rings. The number of hydrogen-bond acceptors (Lipinski definition) is 5. The van der Waals surface area contributed by atoms with Crippen LogP contribution in [0.5, 0.6) is 0 Å². The Morgan fingerprint density at radius 3 is 2.51 bits per heavy atom. The van der Waals surface area contributed by atoms with Gasteiger partial charge in [-0.3, -0.25) is 4.79 Å². The van der Waals surface area contributed by atoms with Gasteiger partial charge in [-0.05, 0) is 68.9 Å². The fourth-order valence-electron chi connectivity index (χ4n) is 4.97. The number of esters is 1. The number of rotatable bonds is 7. The molecule has 0 unspecified atom stereocenters. The number of carbonyl (C=O) groups excluding carboxylic acids is 2. The van der Waals surface area contributed by atoms with Crippen LogP contribution < -0.4 is 10.2 Å². The van der Waals surface area contributed by atoms with Crippen molar-refractivity contribution >= 4 is 17.7 Å². The minimum absolute atomic E-state index is 0.223. The number of methoxy groups -OCH3 is 1. The van der Waals surface area contributed by atoms with Crippen molar-refractivity contribution in [3.63, 3.8) is 0 Å². The summed E-state index contributed by atoms with van der Waals surface area (Å²) in [6.45, 7) is 8.61. The Morgan fingerprint density at radius 2 is 1.79 bits per heavy atom. The van der Waals surface area contributed by atoms with Gasteiger partial charge in [0.25, 0.3) is 0 Å². The van der Waals surface area contributed by atoms with Crippen LogP contribution in [0.1, 0.15) is 62.4 Å². The molecule has 3 aromatic carbocycles. The molecule has 39 heavy (non-hydrogen) atoms. The van der Waals surface area contributed by atoms with Crippen LogP contribution >= 0.6 is 0 Å². The molecule has 4 rings (SSSR count). The molecule has 0 aliphatic carbocycles. The number of nitrogens with one attached hydrogen (secondary N) is 1. The normalized spacial score (nSPS) is 13.8. The molecule has 1 heterocycles. The molecular weight excluding hydrogens is 495 g/mol. The summed E-state index contributed by atoms with van der Waals surface area (Å²) in [7, 11) is 1.40. The van der Waals surface area contributed by atoms with Crippen molar-refractivity contribution in [1.82, 2.24) is 5.32 Å². The van der Waals surface area contributed by atoms with E-state index in [4.69, 9.17) is 9.47 Å². The summed E-state index contributed by atoms with van der Waals surface area (Å²) in [6, 6.07) is 18.7.